The third-order valence-corrected chi connectivity index (χ3v) is 4.74. The van der Waals surface area contributed by atoms with E-state index >= 15 is 0 Å². The van der Waals surface area contributed by atoms with E-state index in [1.807, 2.05) is 19.1 Å². The van der Waals surface area contributed by atoms with E-state index in [0.29, 0.717) is 31.0 Å². The van der Waals surface area contributed by atoms with Crippen LogP contribution in [0.15, 0.2) is 24.3 Å². The molecule has 0 bridgehead atoms. The summed E-state index contributed by atoms with van der Waals surface area (Å²) in [4.78, 5) is 36.9. The second-order valence-electron chi connectivity index (χ2n) is 6.13. The number of ether oxygens (including phenoxy) is 2. The number of nitrogens with zero attached hydrogens (tertiary/aromatic N) is 1. The van der Waals surface area contributed by atoms with Gasteiger partial charge in [0.2, 0.25) is 0 Å². The van der Waals surface area contributed by atoms with Crippen LogP contribution >= 0.6 is 11.6 Å². The van der Waals surface area contributed by atoms with Crippen molar-refractivity contribution in [1.29, 1.82) is 0 Å². The molecule has 0 aromatic heterocycles. The second-order valence-corrected chi connectivity index (χ2v) is 6.54. The highest BCUT2D eigenvalue weighted by atomic mass is 35.5. The van der Waals surface area contributed by atoms with E-state index in [4.69, 9.17) is 21.1 Å². The summed E-state index contributed by atoms with van der Waals surface area (Å²) >= 11 is 6.03. The van der Waals surface area contributed by atoms with Gasteiger partial charge >= 0.3 is 11.9 Å². The van der Waals surface area contributed by atoms with E-state index in [0.717, 1.165) is 11.1 Å². The first kappa shape index (κ1) is 20.0. The van der Waals surface area contributed by atoms with E-state index < -0.39 is 5.97 Å². The molecule has 7 heteroatoms. The number of hydrogen-bond acceptors (Lipinski definition) is 5. The van der Waals surface area contributed by atoms with Gasteiger partial charge in [0, 0.05) is 24.2 Å². The smallest absolute Gasteiger partial charge is 0.331 e. The lowest BCUT2D eigenvalue weighted by Gasteiger charge is -2.30. The molecule has 1 fully saturated rings. The van der Waals surface area contributed by atoms with Gasteiger partial charge in [-0.2, -0.15) is 0 Å². The van der Waals surface area contributed by atoms with Crippen LogP contribution in [0.25, 0.3) is 6.08 Å². The average Bonchev–Trinajstić information content (AvgIpc) is 2.66. The van der Waals surface area contributed by atoms with Crippen LogP contribution in [-0.4, -0.2) is 49.6 Å². The lowest BCUT2D eigenvalue weighted by atomic mass is 9.97. The summed E-state index contributed by atoms with van der Waals surface area (Å²) in [5.41, 5.74) is 1.72. The van der Waals surface area contributed by atoms with Crippen LogP contribution in [0, 0.1) is 12.8 Å². The maximum atomic E-state index is 12.1. The molecule has 0 radical (unpaired) electrons. The molecule has 1 aliphatic rings. The maximum absolute atomic E-state index is 12.1. The summed E-state index contributed by atoms with van der Waals surface area (Å²) in [5, 5.41) is 0.617. The number of carbonyl (C=O) groups excluding carboxylic acids is 3. The lowest BCUT2D eigenvalue weighted by Crippen LogP contribution is -2.42. The Morgan fingerprint density at radius 2 is 1.96 bits per heavy atom. The Balaban J connectivity index is 1.76. The first-order valence-corrected chi connectivity index (χ1v) is 8.75. The summed E-state index contributed by atoms with van der Waals surface area (Å²) in [6.07, 6.45) is 3.96. The molecule has 1 amide bonds. The zero-order chi connectivity index (χ0) is 19.1. The number of carbonyl (C=O) groups is 3. The van der Waals surface area contributed by atoms with Gasteiger partial charge in [-0.05, 0) is 43.0 Å². The third-order valence-electron chi connectivity index (χ3n) is 4.33. The van der Waals surface area contributed by atoms with Crippen LogP contribution in [0.1, 0.15) is 24.0 Å². The molecule has 6 nitrogen and oxygen atoms in total. The SMILES string of the molecule is COC(=O)C1CCN(C(=O)COC(=O)/C=C/c2ccc(C)c(Cl)c2)CC1. The first-order chi connectivity index (χ1) is 12.4. The molecule has 1 aliphatic heterocycles. The standard InChI is InChI=1S/C19H22ClNO5/c1-13-3-4-14(11-16(13)20)5-6-18(23)26-12-17(22)21-9-7-15(8-10-21)19(24)25-2/h3-6,11,15H,7-10,12H2,1-2H3/b6-5+. The van der Waals surface area contributed by atoms with Crippen molar-refractivity contribution in [3.63, 3.8) is 0 Å². The fourth-order valence-corrected chi connectivity index (χ4v) is 2.87. The van der Waals surface area contributed by atoms with Gasteiger partial charge in [-0.1, -0.05) is 23.7 Å². The highest BCUT2D eigenvalue weighted by Crippen LogP contribution is 2.19. The highest BCUT2D eigenvalue weighted by Gasteiger charge is 2.28. The number of hydrogen-bond donors (Lipinski definition) is 0. The number of amides is 1. The van der Waals surface area contributed by atoms with Gasteiger partial charge in [0.25, 0.3) is 5.91 Å². The molecule has 1 saturated heterocycles. The number of methoxy groups -OCH3 is 1. The maximum Gasteiger partial charge on any atom is 0.331 e. The molecule has 0 N–H and O–H groups in total. The number of esters is 2. The van der Waals surface area contributed by atoms with Crippen molar-refractivity contribution in [1.82, 2.24) is 4.90 Å². The lowest BCUT2D eigenvalue weighted by molar-refractivity contribution is -0.151. The Hall–Kier alpha value is -2.34. The Morgan fingerprint density at radius 1 is 1.27 bits per heavy atom. The zero-order valence-electron chi connectivity index (χ0n) is 14.9. The molecule has 0 aliphatic carbocycles. The van der Waals surface area contributed by atoms with Crippen molar-refractivity contribution < 1.29 is 23.9 Å². The van der Waals surface area contributed by atoms with Crippen LogP contribution in [0.4, 0.5) is 0 Å². The predicted octanol–water partition coefficient (Wildman–Crippen LogP) is 2.62. The van der Waals surface area contributed by atoms with E-state index in [-0.39, 0.29) is 24.4 Å². The monoisotopic (exact) mass is 379 g/mol. The van der Waals surface area contributed by atoms with Crippen LogP contribution in [-0.2, 0) is 23.9 Å². The Bertz CT molecular complexity index is 708. The van der Waals surface area contributed by atoms with E-state index in [1.54, 1.807) is 17.0 Å². The van der Waals surface area contributed by atoms with Crippen LogP contribution < -0.4 is 0 Å². The molecule has 0 saturated carbocycles. The molecule has 0 atom stereocenters. The van der Waals surface area contributed by atoms with E-state index in [9.17, 15) is 14.4 Å². The molecule has 2 rings (SSSR count). The topological polar surface area (TPSA) is 72.9 Å². The van der Waals surface area contributed by atoms with Gasteiger partial charge in [-0.25, -0.2) is 4.79 Å². The van der Waals surface area contributed by atoms with Crippen molar-refractivity contribution in [3.8, 4) is 0 Å². The molecule has 140 valence electrons. The normalized spacial score (nSPS) is 15.1. The van der Waals surface area contributed by atoms with Crippen molar-refractivity contribution in [2.24, 2.45) is 5.92 Å². The van der Waals surface area contributed by atoms with Crippen molar-refractivity contribution >= 4 is 35.5 Å². The van der Waals surface area contributed by atoms with E-state index in [2.05, 4.69) is 0 Å². The second kappa shape index (κ2) is 9.38. The van der Waals surface area contributed by atoms with Gasteiger partial charge in [-0.15, -0.1) is 0 Å². The largest absolute Gasteiger partial charge is 0.469 e. The Kier molecular flexibility index (Phi) is 7.21. The van der Waals surface area contributed by atoms with Crippen LogP contribution in [0.3, 0.4) is 0 Å². The fraction of sp³-hybridized carbons (Fsp3) is 0.421. The van der Waals surface area contributed by atoms with Crippen molar-refractivity contribution in [2.45, 2.75) is 19.8 Å². The third kappa shape index (κ3) is 5.59. The van der Waals surface area contributed by atoms with Gasteiger partial charge in [0.1, 0.15) is 0 Å². The number of aryl methyl sites for hydroxylation is 1. The molecule has 26 heavy (non-hydrogen) atoms. The zero-order valence-corrected chi connectivity index (χ0v) is 15.6. The molecule has 1 heterocycles. The summed E-state index contributed by atoms with van der Waals surface area (Å²) in [5.74, 6) is -1.28. The molecule has 0 spiro atoms. The number of rotatable bonds is 5. The number of likely N-dealkylation sites (tertiary alicyclic amines) is 1. The van der Waals surface area contributed by atoms with Crippen molar-refractivity contribution in [3.05, 3.63) is 40.4 Å². The quantitative estimate of drug-likeness (QED) is 0.580. The summed E-state index contributed by atoms with van der Waals surface area (Å²) in [6, 6.07) is 5.44. The van der Waals surface area contributed by atoms with Gasteiger partial charge in [0.15, 0.2) is 6.61 Å². The molecule has 1 aromatic rings. The molecular weight excluding hydrogens is 358 g/mol. The van der Waals surface area contributed by atoms with Crippen molar-refractivity contribution in [2.75, 3.05) is 26.8 Å². The van der Waals surface area contributed by atoms with Gasteiger partial charge in [0.05, 0.1) is 13.0 Å². The minimum Gasteiger partial charge on any atom is -0.469 e. The molecule has 1 aromatic carbocycles. The molecule has 0 unspecified atom stereocenters. The van der Waals surface area contributed by atoms with Crippen LogP contribution in [0.5, 0.6) is 0 Å². The summed E-state index contributed by atoms with van der Waals surface area (Å²) < 4.78 is 9.70. The van der Waals surface area contributed by atoms with Gasteiger partial charge in [-0.3, -0.25) is 9.59 Å². The highest BCUT2D eigenvalue weighted by molar-refractivity contribution is 6.31. The first-order valence-electron chi connectivity index (χ1n) is 8.37. The Labute approximate surface area is 157 Å². The minimum atomic E-state index is -0.598. The van der Waals surface area contributed by atoms with Gasteiger partial charge < -0.3 is 14.4 Å². The average molecular weight is 380 g/mol. The van der Waals surface area contributed by atoms with E-state index in [1.165, 1.54) is 13.2 Å². The molecular formula is C19H22ClNO5. The number of halogens is 1. The summed E-state index contributed by atoms with van der Waals surface area (Å²) in [6.45, 7) is 2.48. The summed E-state index contributed by atoms with van der Waals surface area (Å²) in [7, 11) is 1.36. The Morgan fingerprint density at radius 3 is 2.58 bits per heavy atom. The predicted molar refractivity (Wildman–Crippen MR) is 97.5 cm³/mol. The van der Waals surface area contributed by atoms with Crippen LogP contribution in [0.2, 0.25) is 5.02 Å². The number of benzene rings is 1. The number of piperidine rings is 1. The fourth-order valence-electron chi connectivity index (χ4n) is 2.68. The minimum absolute atomic E-state index is 0.170.